The smallest absolute Gasteiger partial charge is 0.0785 e. The Hall–Kier alpha value is -1.03. The second-order valence-electron chi connectivity index (χ2n) is 3.00. The van der Waals surface area contributed by atoms with Crippen LogP contribution < -0.4 is 0 Å². The lowest BCUT2D eigenvalue weighted by Crippen LogP contribution is -2.13. The van der Waals surface area contributed by atoms with Crippen LogP contribution in [0.1, 0.15) is 33.1 Å². The highest BCUT2D eigenvalue weighted by Crippen LogP contribution is 2.28. The van der Waals surface area contributed by atoms with Gasteiger partial charge in [0.05, 0.1) is 11.5 Å². The molecule has 0 saturated heterocycles. The molecule has 1 atom stereocenters. The molecule has 0 aliphatic rings. The lowest BCUT2D eigenvalue weighted by atomic mass is 9.82. The van der Waals surface area contributed by atoms with Gasteiger partial charge in [-0.05, 0) is 19.8 Å². The molecule has 0 rings (SSSR count). The molecule has 0 aliphatic carbocycles. The predicted octanol–water partition coefficient (Wildman–Crippen LogP) is 3.45. The summed E-state index contributed by atoms with van der Waals surface area (Å²) in [7, 11) is 0. The van der Waals surface area contributed by atoms with Crippen LogP contribution >= 0.6 is 0 Å². The third-order valence-corrected chi connectivity index (χ3v) is 2.03. The monoisotopic (exact) mass is 163 g/mol. The summed E-state index contributed by atoms with van der Waals surface area (Å²) >= 11 is 0. The first-order valence-corrected chi connectivity index (χ1v) is 4.40. The predicted molar refractivity (Wildman–Crippen MR) is 52.6 cm³/mol. The van der Waals surface area contributed by atoms with Crippen LogP contribution in [0.4, 0.5) is 0 Å². The second kappa shape index (κ2) is 5.60. The van der Waals surface area contributed by atoms with E-state index in [-0.39, 0.29) is 5.41 Å². The van der Waals surface area contributed by atoms with Gasteiger partial charge >= 0.3 is 0 Å². The normalized spacial score (nSPS) is 15.4. The quantitative estimate of drug-likeness (QED) is 0.569. The van der Waals surface area contributed by atoms with Crippen LogP contribution in [0.2, 0.25) is 0 Å². The van der Waals surface area contributed by atoms with Crippen LogP contribution in [0.3, 0.4) is 0 Å². The highest BCUT2D eigenvalue weighted by Gasteiger charge is 2.22. The molecule has 0 spiro atoms. The standard InChI is InChI=1S/C11H17N/c1-4-7-9-11(6-3,10-12)8-5-2/h4,6-7H,3,5,8-9H2,1-2H3. The van der Waals surface area contributed by atoms with Gasteiger partial charge in [0.15, 0.2) is 0 Å². The number of allylic oxidation sites excluding steroid dienone is 3. The lowest BCUT2D eigenvalue weighted by Gasteiger charge is -2.19. The van der Waals surface area contributed by atoms with Crippen molar-refractivity contribution >= 4 is 0 Å². The molecule has 0 fully saturated rings. The van der Waals surface area contributed by atoms with Crippen LogP contribution in [0, 0.1) is 16.7 Å². The third-order valence-electron chi connectivity index (χ3n) is 2.03. The number of hydrogen-bond acceptors (Lipinski definition) is 1. The van der Waals surface area contributed by atoms with Crippen molar-refractivity contribution in [1.82, 2.24) is 0 Å². The molecule has 0 aromatic carbocycles. The molecule has 1 heteroatoms. The van der Waals surface area contributed by atoms with Gasteiger partial charge in [0, 0.05) is 0 Å². The van der Waals surface area contributed by atoms with E-state index in [1.807, 2.05) is 19.1 Å². The Balaban J connectivity index is 4.37. The van der Waals surface area contributed by atoms with Crippen LogP contribution in [-0.4, -0.2) is 0 Å². The number of nitriles is 1. The van der Waals surface area contributed by atoms with Crippen molar-refractivity contribution in [3.8, 4) is 6.07 Å². The molecule has 0 aromatic heterocycles. The zero-order valence-corrected chi connectivity index (χ0v) is 8.01. The van der Waals surface area contributed by atoms with E-state index >= 15 is 0 Å². The molecule has 0 saturated carbocycles. The topological polar surface area (TPSA) is 23.8 Å². The maximum atomic E-state index is 8.98. The highest BCUT2D eigenvalue weighted by atomic mass is 14.3. The molecule has 0 heterocycles. The Morgan fingerprint density at radius 1 is 1.58 bits per heavy atom. The zero-order valence-electron chi connectivity index (χ0n) is 8.01. The molecular weight excluding hydrogens is 146 g/mol. The Morgan fingerprint density at radius 3 is 2.58 bits per heavy atom. The summed E-state index contributed by atoms with van der Waals surface area (Å²) in [5.74, 6) is 0. The van der Waals surface area contributed by atoms with E-state index in [0.717, 1.165) is 19.3 Å². The van der Waals surface area contributed by atoms with E-state index in [0.29, 0.717) is 0 Å². The first kappa shape index (κ1) is 11.0. The number of nitrogens with zero attached hydrogens (tertiary/aromatic N) is 1. The van der Waals surface area contributed by atoms with Crippen LogP contribution in [0.15, 0.2) is 24.8 Å². The SMILES string of the molecule is C=CC(C#N)(CC=CC)CCC. The Labute approximate surface area is 75.4 Å². The van der Waals surface area contributed by atoms with Crippen molar-refractivity contribution in [3.63, 3.8) is 0 Å². The van der Waals surface area contributed by atoms with Gasteiger partial charge in [-0.1, -0.05) is 31.6 Å². The van der Waals surface area contributed by atoms with Gasteiger partial charge in [-0.15, -0.1) is 6.58 Å². The summed E-state index contributed by atoms with van der Waals surface area (Å²) in [5.41, 5.74) is -0.332. The van der Waals surface area contributed by atoms with Crippen LogP contribution in [0.25, 0.3) is 0 Å². The summed E-state index contributed by atoms with van der Waals surface area (Å²) < 4.78 is 0. The van der Waals surface area contributed by atoms with Crippen molar-refractivity contribution in [1.29, 1.82) is 5.26 Å². The molecule has 66 valence electrons. The molecule has 0 amide bonds. The second-order valence-corrected chi connectivity index (χ2v) is 3.00. The van der Waals surface area contributed by atoms with Crippen LogP contribution in [-0.2, 0) is 0 Å². The van der Waals surface area contributed by atoms with Gasteiger partial charge in [-0.3, -0.25) is 0 Å². The summed E-state index contributed by atoms with van der Waals surface area (Å²) in [4.78, 5) is 0. The van der Waals surface area contributed by atoms with Crippen molar-refractivity contribution in [3.05, 3.63) is 24.8 Å². The Bertz CT molecular complexity index is 198. The van der Waals surface area contributed by atoms with Gasteiger partial charge < -0.3 is 0 Å². The minimum Gasteiger partial charge on any atom is -0.197 e. The number of hydrogen-bond donors (Lipinski definition) is 0. The maximum Gasteiger partial charge on any atom is 0.0785 e. The third kappa shape index (κ3) is 2.92. The molecule has 0 aliphatic heterocycles. The van der Waals surface area contributed by atoms with Crippen molar-refractivity contribution in [2.45, 2.75) is 33.1 Å². The fourth-order valence-electron chi connectivity index (χ4n) is 1.21. The highest BCUT2D eigenvalue weighted by molar-refractivity contribution is 5.12. The summed E-state index contributed by atoms with van der Waals surface area (Å²) in [6.45, 7) is 7.78. The van der Waals surface area contributed by atoms with Gasteiger partial charge in [0.2, 0.25) is 0 Å². The van der Waals surface area contributed by atoms with Gasteiger partial charge in [0.1, 0.15) is 0 Å². The summed E-state index contributed by atoms with van der Waals surface area (Å²) in [6.07, 6.45) is 8.49. The summed E-state index contributed by atoms with van der Waals surface area (Å²) in [5, 5.41) is 8.98. The fraction of sp³-hybridized carbons (Fsp3) is 0.545. The molecule has 0 radical (unpaired) electrons. The Kier molecular flexibility index (Phi) is 5.12. The van der Waals surface area contributed by atoms with Crippen LogP contribution in [0.5, 0.6) is 0 Å². The average molecular weight is 163 g/mol. The van der Waals surface area contributed by atoms with Crippen molar-refractivity contribution in [2.24, 2.45) is 5.41 Å². The van der Waals surface area contributed by atoms with Gasteiger partial charge in [-0.25, -0.2) is 0 Å². The minimum atomic E-state index is -0.332. The van der Waals surface area contributed by atoms with E-state index in [1.165, 1.54) is 0 Å². The Morgan fingerprint density at radius 2 is 2.25 bits per heavy atom. The van der Waals surface area contributed by atoms with E-state index in [1.54, 1.807) is 6.08 Å². The molecule has 0 aromatic rings. The zero-order chi connectivity index (χ0) is 9.45. The molecule has 1 unspecified atom stereocenters. The molecule has 0 bridgehead atoms. The van der Waals surface area contributed by atoms with E-state index in [2.05, 4.69) is 19.6 Å². The van der Waals surface area contributed by atoms with E-state index in [9.17, 15) is 0 Å². The first-order valence-electron chi connectivity index (χ1n) is 4.40. The van der Waals surface area contributed by atoms with E-state index < -0.39 is 0 Å². The van der Waals surface area contributed by atoms with Gasteiger partial charge in [0.25, 0.3) is 0 Å². The van der Waals surface area contributed by atoms with Crippen molar-refractivity contribution < 1.29 is 0 Å². The molecule has 1 nitrogen and oxygen atoms in total. The van der Waals surface area contributed by atoms with Gasteiger partial charge in [-0.2, -0.15) is 5.26 Å². The van der Waals surface area contributed by atoms with E-state index in [4.69, 9.17) is 5.26 Å². The largest absolute Gasteiger partial charge is 0.197 e. The minimum absolute atomic E-state index is 0.332. The first-order chi connectivity index (χ1) is 5.74. The molecule has 12 heavy (non-hydrogen) atoms. The number of rotatable bonds is 5. The van der Waals surface area contributed by atoms with Crippen molar-refractivity contribution in [2.75, 3.05) is 0 Å². The summed E-state index contributed by atoms with van der Waals surface area (Å²) in [6, 6.07) is 2.33. The fourth-order valence-corrected chi connectivity index (χ4v) is 1.21. The maximum absolute atomic E-state index is 8.98. The molecule has 0 N–H and O–H groups in total. The molecular formula is C11H17N. The average Bonchev–Trinajstić information content (AvgIpc) is 2.13. The lowest BCUT2D eigenvalue weighted by molar-refractivity contribution is 0.464.